The molecule has 0 heterocycles. The van der Waals surface area contributed by atoms with Crippen molar-refractivity contribution in [2.24, 2.45) is 0 Å². The maximum Gasteiger partial charge on any atom is 0.325 e. The summed E-state index contributed by atoms with van der Waals surface area (Å²) in [6.07, 6.45) is 0. The van der Waals surface area contributed by atoms with Crippen molar-refractivity contribution in [3.05, 3.63) is 104 Å². The van der Waals surface area contributed by atoms with Crippen LogP contribution >= 0.6 is 0 Å². The molecule has 12 heteroatoms. The fraction of sp³-hybridized carbons (Fsp3) is 0.130. The standard InChI is InChI=1S/C23H20N4O8/c24-16-9-10-17(18(25)11-16)21(22(28)34-12-14-5-1-3-7-19(14)26(30)31)23(29)35-13-15-6-2-4-8-20(15)27(32)33/h1-11,21H,12-13,24-25H2. The zero-order valence-electron chi connectivity index (χ0n) is 18.2. The number of nitrogens with two attached hydrogens (primary N) is 2. The first kappa shape index (κ1) is 24.6. The molecular weight excluding hydrogens is 460 g/mol. The Morgan fingerprint density at radius 1 is 0.771 bits per heavy atom. The smallest absolute Gasteiger partial charge is 0.325 e. The quantitative estimate of drug-likeness (QED) is 0.151. The third-order valence-corrected chi connectivity index (χ3v) is 5.01. The largest absolute Gasteiger partial charge is 0.460 e. The third kappa shape index (κ3) is 5.87. The molecule has 0 aliphatic carbocycles. The highest BCUT2D eigenvalue weighted by atomic mass is 16.6. The van der Waals surface area contributed by atoms with E-state index in [9.17, 15) is 29.8 Å². The number of carbonyl (C=O) groups excluding carboxylic acids is 2. The van der Waals surface area contributed by atoms with Crippen LogP contribution in [0.15, 0.2) is 66.7 Å². The molecule has 12 nitrogen and oxygen atoms in total. The molecule has 0 atom stereocenters. The minimum Gasteiger partial charge on any atom is -0.460 e. The van der Waals surface area contributed by atoms with Gasteiger partial charge in [0.05, 0.1) is 21.0 Å². The Hall–Kier alpha value is -5.00. The van der Waals surface area contributed by atoms with E-state index < -0.39 is 40.9 Å². The Morgan fingerprint density at radius 2 is 1.23 bits per heavy atom. The second-order valence-electron chi connectivity index (χ2n) is 7.31. The first-order chi connectivity index (χ1) is 16.7. The molecule has 0 aliphatic rings. The van der Waals surface area contributed by atoms with E-state index in [0.717, 1.165) is 0 Å². The molecule has 35 heavy (non-hydrogen) atoms. The SMILES string of the molecule is Nc1ccc(C(C(=O)OCc2ccccc2[N+](=O)[O-])C(=O)OCc2ccccc2[N+](=O)[O-])c(N)c1. The Labute approximate surface area is 198 Å². The van der Waals surface area contributed by atoms with Crippen molar-refractivity contribution in [1.82, 2.24) is 0 Å². The van der Waals surface area contributed by atoms with Gasteiger partial charge in [0.2, 0.25) is 0 Å². The molecule has 0 saturated heterocycles. The summed E-state index contributed by atoms with van der Waals surface area (Å²) in [5, 5.41) is 22.4. The van der Waals surface area contributed by atoms with E-state index in [1.807, 2.05) is 0 Å². The summed E-state index contributed by atoms with van der Waals surface area (Å²) in [7, 11) is 0. The molecule has 3 rings (SSSR count). The van der Waals surface area contributed by atoms with Crippen LogP contribution in [0.25, 0.3) is 0 Å². The highest BCUT2D eigenvalue weighted by Gasteiger charge is 2.34. The first-order valence-corrected chi connectivity index (χ1v) is 10.1. The van der Waals surface area contributed by atoms with Gasteiger partial charge in [-0.25, -0.2) is 0 Å². The van der Waals surface area contributed by atoms with Gasteiger partial charge in [-0.15, -0.1) is 0 Å². The van der Waals surface area contributed by atoms with Gasteiger partial charge in [0, 0.05) is 29.1 Å². The molecule has 0 bridgehead atoms. The van der Waals surface area contributed by atoms with Gasteiger partial charge in [-0.3, -0.25) is 29.8 Å². The van der Waals surface area contributed by atoms with Crippen LogP contribution in [0.1, 0.15) is 22.6 Å². The monoisotopic (exact) mass is 480 g/mol. The highest BCUT2D eigenvalue weighted by Crippen LogP contribution is 2.29. The lowest BCUT2D eigenvalue weighted by Crippen LogP contribution is -2.27. The number of anilines is 2. The summed E-state index contributed by atoms with van der Waals surface area (Å²) in [6.45, 7) is -0.975. The van der Waals surface area contributed by atoms with Crippen LogP contribution < -0.4 is 11.5 Å². The second kappa shape index (κ2) is 10.7. The second-order valence-corrected chi connectivity index (χ2v) is 7.31. The van der Waals surface area contributed by atoms with E-state index in [2.05, 4.69) is 0 Å². The zero-order chi connectivity index (χ0) is 25.5. The summed E-state index contributed by atoms with van der Waals surface area (Å²) in [4.78, 5) is 47.1. The maximum atomic E-state index is 13.0. The van der Waals surface area contributed by atoms with Crippen LogP contribution in [0.3, 0.4) is 0 Å². The highest BCUT2D eigenvalue weighted by molar-refractivity contribution is 6.02. The lowest BCUT2D eigenvalue weighted by atomic mass is 9.97. The van der Waals surface area contributed by atoms with Gasteiger partial charge in [-0.1, -0.05) is 30.3 Å². The summed E-state index contributed by atoms with van der Waals surface area (Å²) in [5.74, 6) is -3.82. The van der Waals surface area contributed by atoms with Gasteiger partial charge >= 0.3 is 11.9 Å². The lowest BCUT2D eigenvalue weighted by molar-refractivity contribution is -0.386. The van der Waals surface area contributed by atoms with Gasteiger partial charge in [0.1, 0.15) is 13.2 Å². The predicted octanol–water partition coefficient (Wildman–Crippen LogP) is 3.24. The van der Waals surface area contributed by atoms with Crippen molar-refractivity contribution in [3.8, 4) is 0 Å². The van der Waals surface area contributed by atoms with Crippen molar-refractivity contribution < 1.29 is 28.9 Å². The van der Waals surface area contributed by atoms with E-state index in [4.69, 9.17) is 20.9 Å². The van der Waals surface area contributed by atoms with E-state index in [1.165, 1.54) is 66.7 Å². The normalized spacial score (nSPS) is 10.5. The zero-order valence-corrected chi connectivity index (χ0v) is 18.2. The summed E-state index contributed by atoms with van der Waals surface area (Å²) >= 11 is 0. The number of benzene rings is 3. The fourth-order valence-corrected chi connectivity index (χ4v) is 3.29. The topological polar surface area (TPSA) is 191 Å². The first-order valence-electron chi connectivity index (χ1n) is 10.1. The molecule has 4 N–H and O–H groups in total. The Bertz CT molecular complexity index is 1220. The van der Waals surface area contributed by atoms with Crippen molar-refractivity contribution in [2.75, 3.05) is 11.5 Å². The molecule has 0 saturated carbocycles. The molecule has 0 fully saturated rings. The Balaban J connectivity index is 1.85. The molecule has 3 aromatic carbocycles. The molecule has 0 unspecified atom stereocenters. The van der Waals surface area contributed by atoms with E-state index in [0.29, 0.717) is 0 Å². The van der Waals surface area contributed by atoms with Crippen molar-refractivity contribution in [3.63, 3.8) is 0 Å². The van der Waals surface area contributed by atoms with Gasteiger partial charge in [-0.2, -0.15) is 0 Å². The molecule has 0 aliphatic heterocycles. The number of nitro benzene ring substituents is 2. The summed E-state index contributed by atoms with van der Waals surface area (Å²) in [6, 6.07) is 15.4. The number of hydrogen-bond acceptors (Lipinski definition) is 10. The number of nitro groups is 2. The number of para-hydroxylation sites is 2. The number of hydrogen-bond donors (Lipinski definition) is 2. The number of rotatable bonds is 9. The van der Waals surface area contributed by atoms with Crippen LogP contribution in [-0.4, -0.2) is 21.8 Å². The fourth-order valence-electron chi connectivity index (χ4n) is 3.29. The van der Waals surface area contributed by atoms with Crippen LogP contribution in [0.4, 0.5) is 22.7 Å². The van der Waals surface area contributed by atoms with E-state index in [1.54, 1.807) is 0 Å². The number of nitrogens with zero attached hydrogens (tertiary/aromatic N) is 2. The number of nitrogen functional groups attached to an aromatic ring is 2. The van der Waals surface area contributed by atoms with E-state index >= 15 is 0 Å². The maximum absolute atomic E-state index is 13.0. The molecule has 0 radical (unpaired) electrons. The number of esters is 2. The average molecular weight is 480 g/mol. The molecule has 180 valence electrons. The molecular formula is C23H20N4O8. The minimum absolute atomic E-state index is 0.0142. The molecule has 0 spiro atoms. The van der Waals surface area contributed by atoms with Crippen LogP contribution in [0.5, 0.6) is 0 Å². The minimum atomic E-state index is -1.67. The van der Waals surface area contributed by atoms with Crippen LogP contribution in [-0.2, 0) is 32.3 Å². The number of carbonyl (C=O) groups is 2. The molecule has 3 aromatic rings. The Morgan fingerprint density at radius 3 is 1.66 bits per heavy atom. The van der Waals surface area contributed by atoms with E-state index in [-0.39, 0.29) is 39.4 Å². The molecule has 0 amide bonds. The van der Waals surface area contributed by atoms with Crippen molar-refractivity contribution in [2.45, 2.75) is 19.1 Å². The van der Waals surface area contributed by atoms with Gasteiger partial charge in [0.25, 0.3) is 11.4 Å². The van der Waals surface area contributed by atoms with Crippen LogP contribution in [0.2, 0.25) is 0 Å². The summed E-state index contributed by atoms with van der Waals surface area (Å²) < 4.78 is 10.4. The summed E-state index contributed by atoms with van der Waals surface area (Å²) in [5.41, 5.74) is 11.7. The number of ether oxygens (including phenoxy) is 2. The van der Waals surface area contributed by atoms with Crippen LogP contribution in [0, 0.1) is 20.2 Å². The predicted molar refractivity (Wildman–Crippen MR) is 124 cm³/mol. The van der Waals surface area contributed by atoms with Gasteiger partial charge in [-0.05, 0) is 24.3 Å². The third-order valence-electron chi connectivity index (χ3n) is 5.01. The Kier molecular flexibility index (Phi) is 7.56. The van der Waals surface area contributed by atoms with Gasteiger partial charge < -0.3 is 20.9 Å². The average Bonchev–Trinajstić information content (AvgIpc) is 2.83. The van der Waals surface area contributed by atoms with Gasteiger partial charge in [0.15, 0.2) is 5.92 Å². The lowest BCUT2D eigenvalue weighted by Gasteiger charge is -2.18. The van der Waals surface area contributed by atoms with Crippen molar-refractivity contribution >= 4 is 34.7 Å². The van der Waals surface area contributed by atoms with Crippen molar-refractivity contribution in [1.29, 1.82) is 0 Å². The molecule has 0 aromatic heterocycles.